The van der Waals surface area contributed by atoms with Crippen molar-refractivity contribution in [2.24, 2.45) is 0 Å². The predicted octanol–water partition coefficient (Wildman–Crippen LogP) is 3.91. The van der Waals surface area contributed by atoms with Gasteiger partial charge in [0, 0.05) is 23.6 Å². The average Bonchev–Trinajstić information content (AvgIpc) is 3.16. The van der Waals surface area contributed by atoms with E-state index in [1.54, 1.807) is 11.5 Å². The summed E-state index contributed by atoms with van der Waals surface area (Å²) in [5, 5.41) is 10.2. The number of aliphatic hydroxyl groups excluding tert-OH is 1. The molecule has 0 unspecified atom stereocenters. The van der Waals surface area contributed by atoms with E-state index in [0.29, 0.717) is 59.4 Å². The molecule has 2 aromatic heterocycles. The third-order valence-corrected chi connectivity index (χ3v) is 7.38. The van der Waals surface area contributed by atoms with Gasteiger partial charge in [-0.25, -0.2) is 9.37 Å². The van der Waals surface area contributed by atoms with E-state index in [1.165, 1.54) is 6.07 Å². The van der Waals surface area contributed by atoms with Crippen LogP contribution in [0, 0.1) is 12.7 Å². The van der Waals surface area contributed by atoms with E-state index in [9.17, 15) is 19.1 Å². The maximum atomic E-state index is 14.4. The van der Waals surface area contributed by atoms with Crippen molar-refractivity contribution in [3.8, 4) is 11.4 Å². The minimum absolute atomic E-state index is 0.0254. The Kier molecular flexibility index (Phi) is 5.12. The Labute approximate surface area is 191 Å². The number of pyridine rings is 2. The minimum atomic E-state index is -0.894. The fourth-order valence-corrected chi connectivity index (χ4v) is 5.15. The van der Waals surface area contributed by atoms with Crippen LogP contribution in [0.1, 0.15) is 60.9 Å². The molecule has 1 N–H and O–H groups in total. The molecule has 4 heterocycles. The number of carbonyl (C=O) groups excluding carboxylic acids is 1. The summed E-state index contributed by atoms with van der Waals surface area (Å²) in [6.07, 6.45) is 2.64. The molecule has 1 aromatic carbocycles. The van der Waals surface area contributed by atoms with Crippen LogP contribution in [-0.4, -0.2) is 27.2 Å². The van der Waals surface area contributed by atoms with Gasteiger partial charge in [-0.2, -0.15) is 0 Å². The zero-order chi connectivity index (χ0) is 23.5. The van der Waals surface area contributed by atoms with Crippen LogP contribution < -0.4 is 5.56 Å². The molecule has 0 saturated heterocycles. The molecule has 172 valence electrons. The molecule has 0 amide bonds. The lowest BCUT2D eigenvalue weighted by atomic mass is 9.76. The Bertz CT molecular complexity index is 1380. The first-order valence-electron chi connectivity index (χ1n) is 11.5. The molecule has 5 rings (SSSR count). The molecule has 33 heavy (non-hydrogen) atoms. The van der Waals surface area contributed by atoms with Gasteiger partial charge < -0.3 is 14.4 Å². The Morgan fingerprint density at radius 1 is 1.21 bits per heavy atom. The number of carbonyl (C=O) groups is 1. The molecular formula is C26H27FN2O4. The van der Waals surface area contributed by atoms with Crippen LogP contribution in [0.5, 0.6) is 0 Å². The Morgan fingerprint density at radius 2 is 2.00 bits per heavy atom. The highest BCUT2D eigenvalue weighted by molar-refractivity contribution is 5.89. The zero-order valence-corrected chi connectivity index (χ0v) is 19.1. The molecule has 0 spiro atoms. The number of aliphatic hydroxyl groups is 1. The number of hydrogen-bond donors (Lipinski definition) is 1. The smallest absolute Gasteiger partial charge is 0.316 e. The number of ether oxygens (including phenoxy) is 1. The fourth-order valence-electron chi connectivity index (χ4n) is 5.15. The summed E-state index contributed by atoms with van der Waals surface area (Å²) in [6.45, 7) is 5.91. The quantitative estimate of drug-likeness (QED) is 0.368. The Balaban J connectivity index is 1.78. The van der Waals surface area contributed by atoms with Crippen LogP contribution in [0.25, 0.3) is 22.3 Å². The largest absolute Gasteiger partial charge is 0.460 e. The van der Waals surface area contributed by atoms with Gasteiger partial charge in [0.2, 0.25) is 0 Å². The van der Waals surface area contributed by atoms with Crippen LogP contribution in [0.4, 0.5) is 4.39 Å². The van der Waals surface area contributed by atoms with Crippen molar-refractivity contribution in [2.75, 3.05) is 6.61 Å². The molecule has 7 heteroatoms. The molecule has 0 aliphatic carbocycles. The first kappa shape index (κ1) is 21.8. The van der Waals surface area contributed by atoms with Gasteiger partial charge in [0.15, 0.2) is 0 Å². The summed E-state index contributed by atoms with van der Waals surface area (Å²) in [5.74, 6) is -0.646. The van der Waals surface area contributed by atoms with E-state index < -0.39 is 5.41 Å². The van der Waals surface area contributed by atoms with Crippen LogP contribution >= 0.6 is 0 Å². The van der Waals surface area contributed by atoms with E-state index in [2.05, 4.69) is 0 Å². The van der Waals surface area contributed by atoms with Crippen LogP contribution in [0.2, 0.25) is 0 Å². The van der Waals surface area contributed by atoms with E-state index in [0.717, 1.165) is 22.9 Å². The second-order valence-electron chi connectivity index (χ2n) is 9.29. The van der Waals surface area contributed by atoms with Gasteiger partial charge in [-0.15, -0.1) is 0 Å². The van der Waals surface area contributed by atoms with Gasteiger partial charge in [-0.05, 0) is 68.4 Å². The van der Waals surface area contributed by atoms with Crippen molar-refractivity contribution in [1.82, 2.24) is 9.55 Å². The van der Waals surface area contributed by atoms with Crippen LogP contribution in [-0.2, 0) is 34.5 Å². The second-order valence-corrected chi connectivity index (χ2v) is 9.29. The van der Waals surface area contributed by atoms with Crippen molar-refractivity contribution >= 4 is 16.9 Å². The monoisotopic (exact) mass is 450 g/mol. The third kappa shape index (κ3) is 3.13. The fraction of sp³-hybridized carbons (Fsp3) is 0.423. The number of hydrogen-bond acceptors (Lipinski definition) is 5. The number of rotatable bonds is 5. The summed E-state index contributed by atoms with van der Waals surface area (Å²) in [7, 11) is 0. The van der Waals surface area contributed by atoms with E-state index in [-0.39, 0.29) is 30.6 Å². The molecule has 6 nitrogen and oxygen atoms in total. The number of aryl methyl sites for hydroxylation is 2. The number of fused-ring (bicyclic) bond motifs is 5. The summed E-state index contributed by atoms with van der Waals surface area (Å²) in [5.41, 5.74) is 4.58. The highest BCUT2D eigenvalue weighted by atomic mass is 19.1. The van der Waals surface area contributed by atoms with Crippen molar-refractivity contribution in [1.29, 1.82) is 0 Å². The molecule has 2 aliphatic heterocycles. The van der Waals surface area contributed by atoms with E-state index in [4.69, 9.17) is 9.72 Å². The highest BCUT2D eigenvalue weighted by Crippen LogP contribution is 2.41. The first-order valence-corrected chi connectivity index (χ1v) is 11.5. The Hall–Kier alpha value is -3.06. The lowest BCUT2D eigenvalue weighted by Crippen LogP contribution is -2.42. The molecule has 0 saturated carbocycles. The summed E-state index contributed by atoms with van der Waals surface area (Å²) < 4.78 is 21.5. The molecule has 0 bridgehead atoms. The zero-order valence-electron chi connectivity index (χ0n) is 19.1. The van der Waals surface area contributed by atoms with E-state index in [1.807, 2.05) is 26.0 Å². The number of esters is 1. The molecule has 0 radical (unpaired) electrons. The SMILES string of the molecule is CC[C@@]1(C)C(=O)OCc2c1cc1n(c2=O)Cc2c-1nc1cc(F)c(C)cc1c2CCCCO. The second kappa shape index (κ2) is 7.76. The van der Waals surface area contributed by atoms with Gasteiger partial charge in [-0.1, -0.05) is 6.92 Å². The normalized spacial score (nSPS) is 18.8. The molecule has 2 aliphatic rings. The number of unbranched alkanes of at least 4 members (excludes halogenated alkanes) is 1. The third-order valence-electron chi connectivity index (χ3n) is 7.38. The van der Waals surface area contributed by atoms with Crippen LogP contribution in [0.15, 0.2) is 23.0 Å². The first-order chi connectivity index (χ1) is 15.8. The summed E-state index contributed by atoms with van der Waals surface area (Å²) in [6, 6.07) is 5.18. The number of aromatic nitrogens is 2. The highest BCUT2D eigenvalue weighted by Gasteiger charge is 2.43. The van der Waals surface area contributed by atoms with Crippen molar-refractivity contribution in [3.63, 3.8) is 0 Å². The van der Waals surface area contributed by atoms with Crippen molar-refractivity contribution in [3.05, 3.63) is 62.2 Å². The van der Waals surface area contributed by atoms with Crippen molar-refractivity contribution < 1.29 is 19.0 Å². The Morgan fingerprint density at radius 3 is 2.73 bits per heavy atom. The molecule has 1 atom stereocenters. The number of benzene rings is 1. The maximum absolute atomic E-state index is 14.4. The van der Waals surface area contributed by atoms with E-state index >= 15 is 0 Å². The summed E-state index contributed by atoms with van der Waals surface area (Å²) in [4.78, 5) is 30.9. The number of nitrogens with zero attached hydrogens (tertiary/aromatic N) is 2. The molecule has 0 fully saturated rings. The van der Waals surface area contributed by atoms with Gasteiger partial charge in [0.1, 0.15) is 12.4 Å². The molecular weight excluding hydrogens is 423 g/mol. The lowest BCUT2D eigenvalue weighted by Gasteiger charge is -2.33. The number of halogens is 1. The molecule has 3 aromatic rings. The summed E-state index contributed by atoms with van der Waals surface area (Å²) >= 11 is 0. The van der Waals surface area contributed by atoms with Gasteiger partial charge >= 0.3 is 5.97 Å². The van der Waals surface area contributed by atoms with Gasteiger partial charge in [0.05, 0.1) is 34.4 Å². The lowest BCUT2D eigenvalue weighted by molar-refractivity contribution is -0.153. The maximum Gasteiger partial charge on any atom is 0.316 e. The van der Waals surface area contributed by atoms with Crippen LogP contribution in [0.3, 0.4) is 0 Å². The standard InChI is InChI=1S/C26H27FN2O4/c1-4-26(3)19-10-22-23-17(12-29(22)24(31)18(19)13-33-25(26)32)15(7-5-6-8-30)16-9-14(2)20(27)11-21(16)28-23/h9-11,30H,4-8,12-13H2,1-3H3/t26-/m1/s1. The van der Waals surface area contributed by atoms with Gasteiger partial charge in [0.25, 0.3) is 5.56 Å². The average molecular weight is 451 g/mol. The van der Waals surface area contributed by atoms with Crippen molar-refractivity contribution in [2.45, 2.75) is 65.0 Å². The topological polar surface area (TPSA) is 81.4 Å². The predicted molar refractivity (Wildman–Crippen MR) is 123 cm³/mol. The number of cyclic esters (lactones) is 1. The van der Waals surface area contributed by atoms with Gasteiger partial charge in [-0.3, -0.25) is 9.59 Å². The minimum Gasteiger partial charge on any atom is -0.460 e.